The van der Waals surface area contributed by atoms with Crippen LogP contribution in [0.15, 0.2) is 12.2 Å². The first kappa shape index (κ1) is 11.3. The fourth-order valence-electron chi connectivity index (χ4n) is 2.20. The predicted octanol–water partition coefficient (Wildman–Crippen LogP) is 2.21. The lowest BCUT2D eigenvalue weighted by Crippen LogP contribution is -2.34. The molecule has 1 fully saturated rings. The highest BCUT2D eigenvalue weighted by Gasteiger charge is 2.27. The number of nitrogens with zero attached hydrogens (tertiary/aromatic N) is 1. The van der Waals surface area contributed by atoms with Crippen molar-refractivity contribution >= 4 is 5.91 Å². The Bertz CT molecular complexity index is 322. The van der Waals surface area contributed by atoms with Gasteiger partial charge in [-0.05, 0) is 37.5 Å². The Morgan fingerprint density at radius 2 is 2.25 bits per heavy atom. The van der Waals surface area contributed by atoms with Crippen LogP contribution in [-0.2, 0) is 4.79 Å². The Kier molecular flexibility index (Phi) is 3.66. The first-order valence-corrected chi connectivity index (χ1v) is 6.17. The van der Waals surface area contributed by atoms with Crippen LogP contribution < -0.4 is 0 Å². The zero-order chi connectivity index (χ0) is 11.4. The molecule has 2 nitrogen and oxygen atoms in total. The van der Waals surface area contributed by atoms with Gasteiger partial charge in [0.25, 0.3) is 0 Å². The summed E-state index contributed by atoms with van der Waals surface area (Å²) in [6, 6.07) is 0. The maximum atomic E-state index is 12.0. The number of hydrogen-bond acceptors (Lipinski definition) is 1. The molecule has 86 valence electrons. The Labute approximate surface area is 97.7 Å². The van der Waals surface area contributed by atoms with Crippen LogP contribution in [-0.4, -0.2) is 23.9 Å². The summed E-state index contributed by atoms with van der Waals surface area (Å²) in [6.45, 7) is 1.35. The highest BCUT2D eigenvalue weighted by molar-refractivity contribution is 5.77. The maximum Gasteiger partial charge on any atom is 0.223 e. The molecular weight excluding hydrogens is 198 g/mol. The van der Waals surface area contributed by atoms with Crippen LogP contribution in [0.2, 0.25) is 0 Å². The Morgan fingerprint density at radius 1 is 1.44 bits per heavy atom. The molecular formula is C14H19NO. The molecule has 1 atom stereocenters. The average molecular weight is 217 g/mol. The van der Waals surface area contributed by atoms with Crippen molar-refractivity contribution in [2.24, 2.45) is 11.8 Å². The van der Waals surface area contributed by atoms with Crippen molar-refractivity contribution in [1.82, 2.24) is 4.90 Å². The summed E-state index contributed by atoms with van der Waals surface area (Å²) in [7, 11) is 0. The van der Waals surface area contributed by atoms with Crippen LogP contribution in [0, 0.1) is 24.2 Å². The van der Waals surface area contributed by atoms with E-state index in [1.54, 1.807) is 0 Å². The molecule has 0 aromatic rings. The topological polar surface area (TPSA) is 20.3 Å². The van der Waals surface area contributed by atoms with Crippen LogP contribution in [0.1, 0.15) is 32.1 Å². The smallest absolute Gasteiger partial charge is 0.223 e. The molecule has 1 amide bonds. The van der Waals surface area contributed by atoms with Crippen molar-refractivity contribution in [1.29, 1.82) is 0 Å². The van der Waals surface area contributed by atoms with Gasteiger partial charge in [0.15, 0.2) is 0 Å². The lowest BCUT2D eigenvalue weighted by atomic mass is 10.0. The fraction of sp³-hybridized carbons (Fsp3) is 0.643. The SMILES string of the molecule is C#CCN(CC1CC1)C(=O)CC1C=CCC1. The number of carbonyl (C=O) groups excluding carboxylic acids is 1. The van der Waals surface area contributed by atoms with Crippen molar-refractivity contribution in [2.45, 2.75) is 32.1 Å². The van der Waals surface area contributed by atoms with E-state index in [9.17, 15) is 4.79 Å². The highest BCUT2D eigenvalue weighted by atomic mass is 16.2. The van der Waals surface area contributed by atoms with E-state index in [0.29, 0.717) is 18.9 Å². The predicted molar refractivity (Wildman–Crippen MR) is 64.6 cm³/mol. The van der Waals surface area contributed by atoms with E-state index >= 15 is 0 Å². The number of terminal acetylenes is 1. The highest BCUT2D eigenvalue weighted by Crippen LogP contribution is 2.30. The van der Waals surface area contributed by atoms with Gasteiger partial charge in [0.1, 0.15) is 0 Å². The first-order valence-electron chi connectivity index (χ1n) is 6.17. The number of allylic oxidation sites excluding steroid dienone is 2. The molecule has 1 saturated carbocycles. The molecule has 1 unspecified atom stereocenters. The lowest BCUT2D eigenvalue weighted by molar-refractivity contribution is -0.131. The Balaban J connectivity index is 1.82. The van der Waals surface area contributed by atoms with Crippen molar-refractivity contribution in [3.05, 3.63) is 12.2 Å². The van der Waals surface area contributed by atoms with Crippen molar-refractivity contribution in [2.75, 3.05) is 13.1 Å². The fourth-order valence-corrected chi connectivity index (χ4v) is 2.20. The Morgan fingerprint density at radius 3 is 2.81 bits per heavy atom. The van der Waals surface area contributed by atoms with E-state index in [1.807, 2.05) is 4.90 Å². The molecule has 16 heavy (non-hydrogen) atoms. The molecule has 0 N–H and O–H groups in total. The quantitative estimate of drug-likeness (QED) is 0.511. The van der Waals surface area contributed by atoms with Crippen LogP contribution in [0.3, 0.4) is 0 Å². The molecule has 2 heteroatoms. The van der Waals surface area contributed by atoms with E-state index < -0.39 is 0 Å². The minimum Gasteiger partial charge on any atom is -0.331 e. The van der Waals surface area contributed by atoms with Gasteiger partial charge in [0.05, 0.1) is 6.54 Å². The molecule has 0 aromatic heterocycles. The second kappa shape index (κ2) is 5.21. The van der Waals surface area contributed by atoms with E-state index in [0.717, 1.165) is 25.3 Å². The molecule has 0 bridgehead atoms. The Hall–Kier alpha value is -1.23. The van der Waals surface area contributed by atoms with Crippen LogP contribution in [0.25, 0.3) is 0 Å². The van der Waals surface area contributed by atoms with Gasteiger partial charge >= 0.3 is 0 Å². The van der Waals surface area contributed by atoms with Crippen molar-refractivity contribution in [3.63, 3.8) is 0 Å². The molecule has 0 heterocycles. The standard InChI is InChI=1S/C14H19NO/c1-2-9-15(11-13-7-8-13)14(16)10-12-5-3-4-6-12/h1,3,5,12-13H,4,6-11H2. The second-order valence-electron chi connectivity index (χ2n) is 4.89. The van der Waals surface area contributed by atoms with E-state index in [2.05, 4.69) is 18.1 Å². The summed E-state index contributed by atoms with van der Waals surface area (Å²) in [5.41, 5.74) is 0. The van der Waals surface area contributed by atoms with Gasteiger partial charge in [-0.3, -0.25) is 4.79 Å². The second-order valence-corrected chi connectivity index (χ2v) is 4.89. The van der Waals surface area contributed by atoms with Crippen LogP contribution >= 0.6 is 0 Å². The van der Waals surface area contributed by atoms with Gasteiger partial charge in [-0.15, -0.1) is 6.42 Å². The van der Waals surface area contributed by atoms with Gasteiger partial charge in [0.2, 0.25) is 5.91 Å². The van der Waals surface area contributed by atoms with Gasteiger partial charge in [0, 0.05) is 13.0 Å². The van der Waals surface area contributed by atoms with Gasteiger partial charge in [-0.2, -0.15) is 0 Å². The van der Waals surface area contributed by atoms with Crippen molar-refractivity contribution in [3.8, 4) is 12.3 Å². The summed E-state index contributed by atoms with van der Waals surface area (Å²) in [5, 5.41) is 0. The normalized spacial score (nSPS) is 23.1. The average Bonchev–Trinajstić information content (AvgIpc) is 2.94. The minimum atomic E-state index is 0.237. The zero-order valence-corrected chi connectivity index (χ0v) is 9.69. The molecule has 0 radical (unpaired) electrons. The molecule has 2 rings (SSSR count). The molecule has 0 aromatic carbocycles. The largest absolute Gasteiger partial charge is 0.331 e. The third kappa shape index (κ3) is 3.13. The lowest BCUT2D eigenvalue weighted by Gasteiger charge is -2.21. The van der Waals surface area contributed by atoms with Gasteiger partial charge in [-0.1, -0.05) is 18.1 Å². The molecule has 0 saturated heterocycles. The summed E-state index contributed by atoms with van der Waals surface area (Å²) in [4.78, 5) is 13.9. The third-order valence-corrected chi connectivity index (χ3v) is 3.36. The minimum absolute atomic E-state index is 0.237. The van der Waals surface area contributed by atoms with Crippen LogP contribution in [0.5, 0.6) is 0 Å². The number of rotatable bonds is 5. The van der Waals surface area contributed by atoms with E-state index in [4.69, 9.17) is 6.42 Å². The number of hydrogen-bond donors (Lipinski definition) is 0. The monoisotopic (exact) mass is 217 g/mol. The van der Waals surface area contributed by atoms with Crippen LogP contribution in [0.4, 0.5) is 0 Å². The molecule has 2 aliphatic carbocycles. The van der Waals surface area contributed by atoms with E-state index in [1.165, 1.54) is 12.8 Å². The summed E-state index contributed by atoms with van der Waals surface area (Å²) >= 11 is 0. The van der Waals surface area contributed by atoms with Crippen molar-refractivity contribution < 1.29 is 4.79 Å². The number of amides is 1. The van der Waals surface area contributed by atoms with Gasteiger partial charge < -0.3 is 4.90 Å². The van der Waals surface area contributed by atoms with E-state index in [-0.39, 0.29) is 5.91 Å². The molecule has 0 aliphatic heterocycles. The molecule has 0 spiro atoms. The first-order chi connectivity index (χ1) is 7.79. The summed E-state index contributed by atoms with van der Waals surface area (Å²) in [6.07, 6.45) is 15.1. The zero-order valence-electron chi connectivity index (χ0n) is 9.69. The van der Waals surface area contributed by atoms with Gasteiger partial charge in [-0.25, -0.2) is 0 Å². The summed E-state index contributed by atoms with van der Waals surface area (Å²) < 4.78 is 0. The third-order valence-electron chi connectivity index (χ3n) is 3.36. The maximum absolute atomic E-state index is 12.0. The molecule has 2 aliphatic rings. The number of carbonyl (C=O) groups is 1. The summed E-state index contributed by atoms with van der Waals surface area (Å²) in [5.74, 6) is 4.00.